The van der Waals surface area contributed by atoms with Crippen molar-refractivity contribution in [3.63, 3.8) is 0 Å². The van der Waals surface area contributed by atoms with Crippen LogP contribution in [0.2, 0.25) is 0 Å². The number of aromatic nitrogens is 2. The first-order chi connectivity index (χ1) is 8.84. The molecule has 0 aliphatic rings. The first kappa shape index (κ1) is 10.5. The third-order valence-corrected chi connectivity index (χ3v) is 2.67. The van der Waals surface area contributed by atoms with E-state index in [2.05, 4.69) is 21.8 Å². The lowest BCUT2D eigenvalue weighted by molar-refractivity contribution is 0.624. The third kappa shape index (κ3) is 1.85. The number of H-pyrrole nitrogens is 1. The van der Waals surface area contributed by atoms with Gasteiger partial charge < -0.3 is 4.98 Å². The Balaban J connectivity index is 2.08. The number of nitrogens with one attached hydrogen (secondary N) is 1. The molecule has 0 bridgehead atoms. The summed E-state index contributed by atoms with van der Waals surface area (Å²) >= 11 is 0. The Bertz CT molecular complexity index is 763. The van der Waals surface area contributed by atoms with Crippen LogP contribution in [0.15, 0.2) is 48.8 Å². The fourth-order valence-corrected chi connectivity index (χ4v) is 1.77. The van der Waals surface area contributed by atoms with Crippen LogP contribution in [-0.2, 0) is 0 Å². The van der Waals surface area contributed by atoms with Gasteiger partial charge in [-0.1, -0.05) is 24.0 Å². The van der Waals surface area contributed by atoms with Crippen LogP contribution in [0.5, 0.6) is 0 Å². The number of benzene rings is 1. The molecule has 18 heavy (non-hydrogen) atoms. The van der Waals surface area contributed by atoms with Gasteiger partial charge in [-0.05, 0) is 24.3 Å². The minimum atomic E-state index is -0.302. The highest BCUT2D eigenvalue weighted by Gasteiger charge is 2.00. The molecule has 3 heteroatoms. The van der Waals surface area contributed by atoms with Crippen molar-refractivity contribution >= 4 is 11.0 Å². The number of hydrogen-bond donors (Lipinski definition) is 1. The maximum absolute atomic E-state index is 13.4. The second kappa shape index (κ2) is 4.34. The Kier molecular flexibility index (Phi) is 2.54. The van der Waals surface area contributed by atoms with Crippen molar-refractivity contribution in [2.45, 2.75) is 0 Å². The quantitative estimate of drug-likeness (QED) is 0.597. The summed E-state index contributed by atoms with van der Waals surface area (Å²) in [6.07, 6.45) is 3.50. The van der Waals surface area contributed by atoms with E-state index >= 15 is 0 Å². The highest BCUT2D eigenvalue weighted by Crippen LogP contribution is 2.14. The molecule has 2 nitrogen and oxygen atoms in total. The summed E-state index contributed by atoms with van der Waals surface area (Å²) < 4.78 is 13.4. The summed E-state index contributed by atoms with van der Waals surface area (Å²) in [6, 6.07) is 10.2. The smallest absolute Gasteiger partial charge is 0.138 e. The van der Waals surface area contributed by atoms with Crippen molar-refractivity contribution < 1.29 is 4.39 Å². The van der Waals surface area contributed by atoms with E-state index in [1.165, 1.54) is 6.07 Å². The Labute approximate surface area is 103 Å². The molecule has 86 valence electrons. The highest BCUT2D eigenvalue weighted by molar-refractivity contribution is 5.82. The predicted octanol–water partition coefficient (Wildman–Crippen LogP) is 3.10. The van der Waals surface area contributed by atoms with Crippen LogP contribution in [0.1, 0.15) is 11.1 Å². The van der Waals surface area contributed by atoms with Gasteiger partial charge in [0.05, 0.1) is 5.56 Å². The average Bonchev–Trinajstić information content (AvgIpc) is 2.86. The van der Waals surface area contributed by atoms with Gasteiger partial charge in [-0.25, -0.2) is 9.37 Å². The summed E-state index contributed by atoms with van der Waals surface area (Å²) in [4.78, 5) is 7.19. The van der Waals surface area contributed by atoms with E-state index in [0.29, 0.717) is 5.56 Å². The fourth-order valence-electron chi connectivity index (χ4n) is 1.77. The second-order valence-electron chi connectivity index (χ2n) is 3.83. The lowest BCUT2D eigenvalue weighted by Gasteiger charge is -1.94. The third-order valence-electron chi connectivity index (χ3n) is 2.67. The zero-order valence-electron chi connectivity index (χ0n) is 9.44. The monoisotopic (exact) mass is 236 g/mol. The lowest BCUT2D eigenvalue weighted by Crippen LogP contribution is -1.83. The van der Waals surface area contributed by atoms with Gasteiger partial charge in [0.1, 0.15) is 11.5 Å². The Morgan fingerprint density at radius 3 is 2.72 bits per heavy atom. The van der Waals surface area contributed by atoms with Crippen LogP contribution in [0.25, 0.3) is 11.0 Å². The zero-order valence-corrected chi connectivity index (χ0v) is 9.44. The molecule has 2 heterocycles. The van der Waals surface area contributed by atoms with Gasteiger partial charge in [-0.15, -0.1) is 0 Å². The normalized spacial score (nSPS) is 10.1. The number of pyridine rings is 1. The second-order valence-corrected chi connectivity index (χ2v) is 3.83. The van der Waals surface area contributed by atoms with Crippen LogP contribution in [0, 0.1) is 17.7 Å². The molecule has 0 saturated heterocycles. The zero-order chi connectivity index (χ0) is 12.4. The lowest BCUT2D eigenvalue weighted by atomic mass is 10.1. The van der Waals surface area contributed by atoms with E-state index in [0.717, 1.165) is 16.6 Å². The molecule has 0 aliphatic carbocycles. The van der Waals surface area contributed by atoms with E-state index in [-0.39, 0.29) is 5.82 Å². The average molecular weight is 236 g/mol. The van der Waals surface area contributed by atoms with Gasteiger partial charge in [0.25, 0.3) is 0 Å². The van der Waals surface area contributed by atoms with Crippen molar-refractivity contribution in [2.24, 2.45) is 0 Å². The van der Waals surface area contributed by atoms with Crippen molar-refractivity contribution in [3.8, 4) is 11.8 Å². The number of aromatic amines is 1. The summed E-state index contributed by atoms with van der Waals surface area (Å²) in [7, 11) is 0. The molecule has 3 aromatic rings. The highest BCUT2D eigenvalue weighted by atomic mass is 19.1. The Hall–Kier alpha value is -2.60. The SMILES string of the molecule is Fc1ccccc1C#Cc1ccnc2[nH]ccc12. The van der Waals surface area contributed by atoms with E-state index in [1.807, 2.05) is 18.3 Å². The molecule has 1 aromatic carbocycles. The molecule has 1 N–H and O–H groups in total. The summed E-state index contributed by atoms with van der Waals surface area (Å²) in [5, 5.41) is 0.946. The van der Waals surface area contributed by atoms with Crippen molar-refractivity contribution in [2.75, 3.05) is 0 Å². The summed E-state index contributed by atoms with van der Waals surface area (Å²) in [5.74, 6) is 5.52. The van der Waals surface area contributed by atoms with E-state index in [4.69, 9.17) is 0 Å². The molecule has 2 aromatic heterocycles. The summed E-state index contributed by atoms with van der Waals surface area (Å²) in [5.41, 5.74) is 2.03. The van der Waals surface area contributed by atoms with E-state index < -0.39 is 0 Å². The van der Waals surface area contributed by atoms with E-state index in [9.17, 15) is 4.39 Å². The fraction of sp³-hybridized carbons (Fsp3) is 0. The predicted molar refractivity (Wildman–Crippen MR) is 68.5 cm³/mol. The number of fused-ring (bicyclic) bond motifs is 1. The van der Waals surface area contributed by atoms with Gasteiger partial charge in [0.2, 0.25) is 0 Å². The molecule has 0 spiro atoms. The summed E-state index contributed by atoms with van der Waals surface area (Å²) in [6.45, 7) is 0. The van der Waals surface area contributed by atoms with Crippen molar-refractivity contribution in [1.29, 1.82) is 0 Å². The van der Waals surface area contributed by atoms with Crippen LogP contribution >= 0.6 is 0 Å². The minimum Gasteiger partial charge on any atom is -0.346 e. The standard InChI is InChI=1S/C15H9FN2/c16-14-4-2-1-3-12(14)6-5-11-7-9-17-15-13(11)8-10-18-15/h1-4,7-10H,(H,17,18). The maximum atomic E-state index is 13.4. The first-order valence-electron chi connectivity index (χ1n) is 5.53. The molecule has 0 saturated carbocycles. The number of nitrogens with zero attached hydrogens (tertiary/aromatic N) is 1. The molecule has 0 unspecified atom stereocenters. The molecular formula is C15H9FN2. The van der Waals surface area contributed by atoms with Crippen LogP contribution in [0.3, 0.4) is 0 Å². The topological polar surface area (TPSA) is 28.7 Å². The molecular weight excluding hydrogens is 227 g/mol. The Morgan fingerprint density at radius 2 is 1.83 bits per heavy atom. The number of halogens is 1. The van der Waals surface area contributed by atoms with Gasteiger partial charge >= 0.3 is 0 Å². The number of rotatable bonds is 0. The van der Waals surface area contributed by atoms with Gasteiger partial charge in [-0.2, -0.15) is 0 Å². The molecule has 0 aliphatic heterocycles. The van der Waals surface area contributed by atoms with E-state index in [1.54, 1.807) is 24.4 Å². The van der Waals surface area contributed by atoms with Crippen molar-refractivity contribution in [1.82, 2.24) is 9.97 Å². The Morgan fingerprint density at radius 1 is 1.00 bits per heavy atom. The maximum Gasteiger partial charge on any atom is 0.138 e. The molecule has 3 rings (SSSR count). The van der Waals surface area contributed by atoms with Crippen LogP contribution < -0.4 is 0 Å². The largest absolute Gasteiger partial charge is 0.346 e. The van der Waals surface area contributed by atoms with Crippen LogP contribution in [-0.4, -0.2) is 9.97 Å². The number of hydrogen-bond acceptors (Lipinski definition) is 1. The molecule has 0 fully saturated rings. The van der Waals surface area contributed by atoms with Gasteiger partial charge in [0, 0.05) is 23.3 Å². The molecule has 0 radical (unpaired) electrons. The van der Waals surface area contributed by atoms with Crippen LogP contribution in [0.4, 0.5) is 4.39 Å². The van der Waals surface area contributed by atoms with Crippen molar-refractivity contribution in [3.05, 3.63) is 65.7 Å². The molecule has 0 atom stereocenters. The van der Waals surface area contributed by atoms with Gasteiger partial charge in [-0.3, -0.25) is 0 Å². The minimum absolute atomic E-state index is 0.302. The molecule has 0 amide bonds. The first-order valence-corrected chi connectivity index (χ1v) is 5.53. The van der Waals surface area contributed by atoms with Gasteiger partial charge in [0.15, 0.2) is 0 Å².